The van der Waals surface area contributed by atoms with Gasteiger partial charge in [0, 0.05) is 0 Å². The lowest BCUT2D eigenvalue weighted by Gasteiger charge is -1.95. The van der Waals surface area contributed by atoms with Crippen molar-refractivity contribution in [1.29, 1.82) is 0 Å². The first-order valence-electron chi connectivity index (χ1n) is 5.28. The van der Waals surface area contributed by atoms with E-state index in [1.54, 1.807) is 17.4 Å². The quantitative estimate of drug-likeness (QED) is 0.504. The number of rotatable bonds is 2. The fraction of sp³-hybridized carbons (Fsp3) is 0. The van der Waals surface area contributed by atoms with Crippen molar-refractivity contribution in [3.05, 3.63) is 47.5 Å². The summed E-state index contributed by atoms with van der Waals surface area (Å²) in [5.41, 5.74) is 0.985. The van der Waals surface area contributed by atoms with Crippen LogP contribution in [0.3, 0.4) is 0 Å². The molecule has 0 amide bonds. The van der Waals surface area contributed by atoms with E-state index < -0.39 is 0 Å². The smallest absolute Gasteiger partial charge is 0.142 e. The largest absolute Gasteiger partial charge is 0.299 e. The molecule has 0 atom stereocenters. The van der Waals surface area contributed by atoms with Crippen LogP contribution in [0, 0.1) is 0 Å². The van der Waals surface area contributed by atoms with Crippen LogP contribution in [-0.4, -0.2) is 11.3 Å². The number of carbonyl (C=O) groups excluding carboxylic acids is 1. The van der Waals surface area contributed by atoms with Gasteiger partial charge in [-0.15, -0.1) is 11.3 Å². The molecule has 0 N–H and O–H groups in total. The molecule has 0 aliphatic rings. The summed E-state index contributed by atoms with van der Waals surface area (Å²) in [4.78, 5) is 14.7. The van der Waals surface area contributed by atoms with E-state index in [2.05, 4.69) is 29.2 Å². The lowest BCUT2D eigenvalue weighted by molar-refractivity contribution is -0.104. The maximum Gasteiger partial charge on any atom is 0.142 e. The Morgan fingerprint density at radius 3 is 2.65 bits per heavy atom. The van der Waals surface area contributed by atoms with Gasteiger partial charge in [-0.25, -0.2) is 4.98 Å². The molecule has 0 radical (unpaired) electrons. The Hall–Kier alpha value is -2.00. The van der Waals surface area contributed by atoms with Gasteiger partial charge >= 0.3 is 0 Å². The van der Waals surface area contributed by atoms with E-state index in [-0.39, 0.29) is 0 Å². The number of fused-ring (bicyclic) bond motifs is 2. The number of benzene rings is 2. The molecule has 3 rings (SSSR count). The highest BCUT2D eigenvalue weighted by Gasteiger charge is 2.02. The monoisotopic (exact) mass is 239 g/mol. The third-order valence-corrected chi connectivity index (χ3v) is 3.57. The van der Waals surface area contributed by atoms with Crippen LogP contribution in [0.15, 0.2) is 42.5 Å². The first-order chi connectivity index (χ1) is 8.36. The second kappa shape index (κ2) is 4.11. The van der Waals surface area contributed by atoms with Gasteiger partial charge in [-0.2, -0.15) is 0 Å². The lowest BCUT2D eigenvalue weighted by Crippen LogP contribution is -1.73. The summed E-state index contributed by atoms with van der Waals surface area (Å²) in [6.07, 6.45) is 3.97. The van der Waals surface area contributed by atoms with E-state index in [0.29, 0.717) is 0 Å². The van der Waals surface area contributed by atoms with Crippen molar-refractivity contribution >= 4 is 44.7 Å². The summed E-state index contributed by atoms with van der Waals surface area (Å²) in [5, 5.41) is 3.27. The van der Waals surface area contributed by atoms with Gasteiger partial charge in [-0.05, 0) is 35.1 Å². The van der Waals surface area contributed by atoms with E-state index in [0.717, 1.165) is 21.5 Å². The van der Waals surface area contributed by atoms with Gasteiger partial charge in [0.15, 0.2) is 0 Å². The van der Waals surface area contributed by atoms with Crippen LogP contribution in [-0.2, 0) is 4.79 Å². The third-order valence-electron chi connectivity index (χ3n) is 2.59. The Bertz CT molecular complexity index is 675. The molecule has 3 aromatic rings. The molecule has 1 heterocycles. The number of carbonyl (C=O) groups is 1. The third kappa shape index (κ3) is 1.85. The van der Waals surface area contributed by atoms with Crippen molar-refractivity contribution in [2.75, 3.05) is 0 Å². The van der Waals surface area contributed by atoms with Crippen LogP contribution < -0.4 is 0 Å². The summed E-state index contributed by atoms with van der Waals surface area (Å²) < 4.78 is 1.15. The van der Waals surface area contributed by atoms with E-state index in [1.165, 1.54) is 16.8 Å². The first kappa shape index (κ1) is 10.2. The summed E-state index contributed by atoms with van der Waals surface area (Å²) in [7, 11) is 0. The van der Waals surface area contributed by atoms with Crippen LogP contribution in [0.25, 0.3) is 27.1 Å². The zero-order valence-electron chi connectivity index (χ0n) is 8.96. The molecule has 0 saturated heterocycles. The Morgan fingerprint density at radius 1 is 1.12 bits per heavy atom. The lowest BCUT2D eigenvalue weighted by atomic mass is 10.1. The minimum atomic E-state index is 0.766. The van der Waals surface area contributed by atoms with Crippen LogP contribution >= 0.6 is 11.3 Å². The zero-order chi connectivity index (χ0) is 11.7. The summed E-state index contributed by atoms with van der Waals surface area (Å²) in [5.74, 6) is 0. The molecule has 3 heteroatoms. The molecule has 0 spiro atoms. The fourth-order valence-corrected chi connectivity index (χ4v) is 2.73. The molecule has 2 nitrogen and oxygen atoms in total. The maximum atomic E-state index is 10.3. The van der Waals surface area contributed by atoms with Crippen molar-refractivity contribution < 1.29 is 4.79 Å². The first-order valence-corrected chi connectivity index (χ1v) is 6.10. The molecule has 82 valence electrons. The summed E-state index contributed by atoms with van der Waals surface area (Å²) in [6, 6.07) is 12.4. The average molecular weight is 239 g/mol. The molecule has 0 fully saturated rings. The number of aromatic nitrogens is 1. The number of aldehydes is 1. The summed E-state index contributed by atoms with van der Waals surface area (Å²) in [6.45, 7) is 0. The molecule has 17 heavy (non-hydrogen) atoms. The van der Waals surface area contributed by atoms with Gasteiger partial charge in [0.05, 0.1) is 10.2 Å². The van der Waals surface area contributed by atoms with Crippen molar-refractivity contribution in [1.82, 2.24) is 4.98 Å². The fourth-order valence-electron chi connectivity index (χ4n) is 1.82. The van der Waals surface area contributed by atoms with Gasteiger partial charge in [-0.1, -0.05) is 24.3 Å². The molecule has 0 unspecified atom stereocenters. The second-order valence-electron chi connectivity index (χ2n) is 3.71. The van der Waals surface area contributed by atoms with Crippen molar-refractivity contribution in [3.63, 3.8) is 0 Å². The highest BCUT2D eigenvalue weighted by atomic mass is 32.1. The molecular weight excluding hydrogens is 230 g/mol. The molecule has 2 aromatic carbocycles. The van der Waals surface area contributed by atoms with Gasteiger partial charge in [0.25, 0.3) is 0 Å². The van der Waals surface area contributed by atoms with Crippen molar-refractivity contribution in [2.45, 2.75) is 0 Å². The molecule has 0 aliphatic carbocycles. The van der Waals surface area contributed by atoms with E-state index in [4.69, 9.17) is 0 Å². The number of nitrogens with zero attached hydrogens (tertiary/aromatic N) is 1. The zero-order valence-corrected chi connectivity index (χ0v) is 9.78. The predicted molar refractivity (Wildman–Crippen MR) is 72.2 cm³/mol. The second-order valence-corrected chi connectivity index (χ2v) is 4.78. The van der Waals surface area contributed by atoms with Gasteiger partial charge in [0.1, 0.15) is 11.3 Å². The molecule has 0 aliphatic heterocycles. The number of hydrogen-bond donors (Lipinski definition) is 0. The SMILES string of the molecule is O=C/C=C/c1nc2cc3ccccc3cc2s1. The number of thiazole rings is 1. The van der Waals surface area contributed by atoms with E-state index in [9.17, 15) is 4.79 Å². The molecule has 1 aromatic heterocycles. The normalized spacial score (nSPS) is 11.5. The Balaban J connectivity index is 2.24. The highest BCUT2D eigenvalue weighted by molar-refractivity contribution is 7.19. The van der Waals surface area contributed by atoms with Gasteiger partial charge in [0.2, 0.25) is 0 Å². The number of hydrogen-bond acceptors (Lipinski definition) is 3. The van der Waals surface area contributed by atoms with Crippen LogP contribution in [0.2, 0.25) is 0 Å². The number of allylic oxidation sites excluding steroid dienone is 1. The standard InChI is InChI=1S/C14H9NOS/c16-7-3-6-14-15-12-8-10-4-1-2-5-11(10)9-13(12)17-14/h1-9H/b6-3+. The van der Waals surface area contributed by atoms with Crippen molar-refractivity contribution in [3.8, 4) is 0 Å². The minimum Gasteiger partial charge on any atom is -0.299 e. The Kier molecular flexibility index (Phi) is 2.46. The van der Waals surface area contributed by atoms with E-state index in [1.807, 2.05) is 12.1 Å². The average Bonchev–Trinajstić information content (AvgIpc) is 2.75. The summed E-state index contributed by atoms with van der Waals surface area (Å²) >= 11 is 1.60. The van der Waals surface area contributed by atoms with Crippen LogP contribution in [0.1, 0.15) is 5.01 Å². The Morgan fingerprint density at radius 2 is 1.88 bits per heavy atom. The molecular formula is C14H9NOS. The van der Waals surface area contributed by atoms with Crippen LogP contribution in [0.5, 0.6) is 0 Å². The molecule has 0 bridgehead atoms. The van der Waals surface area contributed by atoms with Crippen molar-refractivity contribution in [2.24, 2.45) is 0 Å². The van der Waals surface area contributed by atoms with Gasteiger partial charge < -0.3 is 0 Å². The predicted octanol–water partition coefficient (Wildman–Crippen LogP) is 3.66. The minimum absolute atomic E-state index is 0.766. The van der Waals surface area contributed by atoms with E-state index >= 15 is 0 Å². The van der Waals surface area contributed by atoms with Crippen LogP contribution in [0.4, 0.5) is 0 Å². The highest BCUT2D eigenvalue weighted by Crippen LogP contribution is 2.27. The molecule has 0 saturated carbocycles. The maximum absolute atomic E-state index is 10.3. The Labute approximate surface area is 102 Å². The van der Waals surface area contributed by atoms with Gasteiger partial charge in [-0.3, -0.25) is 4.79 Å². The topological polar surface area (TPSA) is 30.0 Å².